The van der Waals surface area contributed by atoms with Crippen LogP contribution in [0.25, 0.3) is 0 Å². The first-order valence-electron chi connectivity index (χ1n) is 8.79. The van der Waals surface area contributed by atoms with E-state index in [0.29, 0.717) is 33.5 Å². The van der Waals surface area contributed by atoms with Gasteiger partial charge in [-0.3, -0.25) is 4.79 Å². The summed E-state index contributed by atoms with van der Waals surface area (Å²) in [4.78, 5) is 14.9. The fraction of sp³-hybridized carbons (Fsp3) is 0.350. The van der Waals surface area contributed by atoms with Crippen molar-refractivity contribution in [1.29, 1.82) is 0 Å². The monoisotopic (exact) mass is 393 g/mol. The number of nitrogens with zero attached hydrogens (tertiary/aromatic N) is 1. The highest BCUT2D eigenvalue weighted by Gasteiger charge is 2.14. The summed E-state index contributed by atoms with van der Waals surface area (Å²) in [5.74, 6) is -0.125. The molecule has 0 aliphatic rings. The molecular weight excluding hydrogens is 369 g/mol. The fourth-order valence-corrected chi connectivity index (χ4v) is 3.12. The van der Waals surface area contributed by atoms with Gasteiger partial charge in [-0.1, -0.05) is 55.2 Å². The van der Waals surface area contributed by atoms with Crippen LogP contribution in [0.15, 0.2) is 36.4 Å². The molecule has 0 aromatic heterocycles. The lowest BCUT2D eigenvalue weighted by Gasteiger charge is -2.19. The van der Waals surface area contributed by atoms with E-state index in [-0.39, 0.29) is 5.91 Å². The van der Waals surface area contributed by atoms with Crippen molar-refractivity contribution in [2.45, 2.75) is 20.8 Å². The number of para-hydroxylation sites is 1. The van der Waals surface area contributed by atoms with Gasteiger partial charge in [0.1, 0.15) is 0 Å². The summed E-state index contributed by atoms with van der Waals surface area (Å²) < 4.78 is 0. The number of likely N-dealkylation sites (N-methyl/N-ethyl adjacent to an activating group) is 1. The van der Waals surface area contributed by atoms with Crippen LogP contribution in [-0.4, -0.2) is 37.0 Å². The van der Waals surface area contributed by atoms with Gasteiger partial charge in [-0.2, -0.15) is 0 Å². The summed E-state index contributed by atoms with van der Waals surface area (Å²) >= 11 is 12.7. The van der Waals surface area contributed by atoms with Crippen molar-refractivity contribution < 1.29 is 4.79 Å². The first-order valence-corrected chi connectivity index (χ1v) is 9.54. The predicted octanol–water partition coefficient (Wildman–Crippen LogP) is 5.12. The van der Waals surface area contributed by atoms with Crippen molar-refractivity contribution in [1.82, 2.24) is 10.2 Å². The van der Waals surface area contributed by atoms with Gasteiger partial charge < -0.3 is 15.5 Å². The van der Waals surface area contributed by atoms with Gasteiger partial charge in [0.2, 0.25) is 0 Å². The second kappa shape index (κ2) is 9.81. The molecule has 0 atom stereocenters. The molecule has 0 spiro atoms. The van der Waals surface area contributed by atoms with Crippen LogP contribution >= 0.6 is 23.2 Å². The Bertz CT molecular complexity index is 761. The van der Waals surface area contributed by atoms with Gasteiger partial charge in [0.25, 0.3) is 5.91 Å². The second-order valence-electron chi connectivity index (χ2n) is 6.01. The average molecular weight is 394 g/mol. The number of nitrogens with one attached hydrogen (secondary N) is 2. The van der Waals surface area contributed by atoms with E-state index in [2.05, 4.69) is 29.4 Å². The molecule has 140 valence electrons. The van der Waals surface area contributed by atoms with Crippen molar-refractivity contribution in [2.75, 3.05) is 31.5 Å². The van der Waals surface area contributed by atoms with E-state index in [1.54, 1.807) is 12.1 Å². The Labute approximate surface area is 165 Å². The molecule has 0 saturated carbocycles. The highest BCUT2D eigenvalue weighted by atomic mass is 35.5. The van der Waals surface area contributed by atoms with Gasteiger partial charge in [0.15, 0.2) is 0 Å². The molecule has 4 nitrogen and oxygen atoms in total. The number of hydrogen-bond acceptors (Lipinski definition) is 3. The number of anilines is 2. The minimum Gasteiger partial charge on any atom is -0.352 e. The minimum atomic E-state index is -0.125. The van der Waals surface area contributed by atoms with Gasteiger partial charge >= 0.3 is 0 Å². The number of carbonyl (C=O) groups is 1. The molecular formula is C20H25Cl2N3O. The van der Waals surface area contributed by atoms with E-state index in [1.807, 2.05) is 31.2 Å². The van der Waals surface area contributed by atoms with Gasteiger partial charge in [0.05, 0.1) is 27.0 Å². The van der Waals surface area contributed by atoms with Crippen LogP contribution in [0, 0.1) is 6.92 Å². The minimum absolute atomic E-state index is 0.125. The molecule has 2 N–H and O–H groups in total. The molecule has 26 heavy (non-hydrogen) atoms. The van der Waals surface area contributed by atoms with Gasteiger partial charge in [-0.25, -0.2) is 0 Å². The molecule has 0 aliphatic heterocycles. The Morgan fingerprint density at radius 2 is 1.77 bits per heavy atom. The number of carbonyl (C=O) groups excluding carboxylic acids is 1. The van der Waals surface area contributed by atoms with Crippen LogP contribution in [0.2, 0.25) is 10.0 Å². The molecule has 0 radical (unpaired) electrons. The summed E-state index contributed by atoms with van der Waals surface area (Å²) in [7, 11) is 0. The number of hydrogen-bond donors (Lipinski definition) is 2. The van der Waals surface area contributed by atoms with Crippen molar-refractivity contribution >= 4 is 40.5 Å². The third kappa shape index (κ3) is 5.13. The predicted molar refractivity (Wildman–Crippen MR) is 111 cm³/mol. The van der Waals surface area contributed by atoms with Crippen molar-refractivity contribution in [2.24, 2.45) is 0 Å². The largest absolute Gasteiger partial charge is 0.352 e. The summed E-state index contributed by atoms with van der Waals surface area (Å²) in [5.41, 5.74) is 2.75. The first-order chi connectivity index (χ1) is 12.5. The fourth-order valence-electron chi connectivity index (χ4n) is 2.66. The zero-order chi connectivity index (χ0) is 19.1. The summed E-state index contributed by atoms with van der Waals surface area (Å²) in [6.45, 7) is 9.49. The molecule has 0 fully saturated rings. The molecule has 6 heteroatoms. The van der Waals surface area contributed by atoms with Crippen LogP contribution in [0.4, 0.5) is 11.4 Å². The van der Waals surface area contributed by atoms with Crippen LogP contribution in [-0.2, 0) is 0 Å². The number of benzene rings is 2. The topological polar surface area (TPSA) is 44.4 Å². The maximum absolute atomic E-state index is 12.6. The molecule has 0 aliphatic carbocycles. The average Bonchev–Trinajstić information content (AvgIpc) is 2.65. The van der Waals surface area contributed by atoms with E-state index in [1.165, 1.54) is 0 Å². The number of halogens is 2. The molecule has 1 amide bonds. The summed E-state index contributed by atoms with van der Waals surface area (Å²) in [5, 5.41) is 7.26. The lowest BCUT2D eigenvalue weighted by Crippen LogP contribution is -2.35. The molecule has 2 rings (SSSR count). The van der Waals surface area contributed by atoms with Gasteiger partial charge in [-0.15, -0.1) is 0 Å². The molecule has 0 saturated heterocycles. The third-order valence-electron chi connectivity index (χ3n) is 4.32. The Balaban J connectivity index is 2.15. The normalized spacial score (nSPS) is 10.8. The highest BCUT2D eigenvalue weighted by Crippen LogP contribution is 2.35. The van der Waals surface area contributed by atoms with Crippen LogP contribution in [0.3, 0.4) is 0 Å². The molecule has 0 unspecified atom stereocenters. The Kier molecular flexibility index (Phi) is 7.76. The van der Waals surface area contributed by atoms with Gasteiger partial charge in [0, 0.05) is 13.1 Å². The Hall–Kier alpha value is -1.75. The number of amides is 1. The summed E-state index contributed by atoms with van der Waals surface area (Å²) in [6.07, 6.45) is 0. The van der Waals surface area contributed by atoms with Crippen LogP contribution < -0.4 is 10.6 Å². The number of rotatable bonds is 8. The second-order valence-corrected chi connectivity index (χ2v) is 6.79. The lowest BCUT2D eigenvalue weighted by atomic mass is 10.1. The maximum atomic E-state index is 12.6. The molecule has 0 bridgehead atoms. The zero-order valence-corrected chi connectivity index (χ0v) is 16.9. The third-order valence-corrected chi connectivity index (χ3v) is 5.13. The smallest absolute Gasteiger partial charge is 0.253 e. The van der Waals surface area contributed by atoms with Crippen molar-refractivity contribution in [3.8, 4) is 0 Å². The Morgan fingerprint density at radius 1 is 1.08 bits per heavy atom. The number of aryl methyl sites for hydroxylation is 1. The van der Waals surface area contributed by atoms with Crippen LogP contribution in [0.1, 0.15) is 29.8 Å². The zero-order valence-electron chi connectivity index (χ0n) is 15.4. The lowest BCUT2D eigenvalue weighted by molar-refractivity contribution is 0.0950. The first kappa shape index (κ1) is 20.6. The van der Waals surface area contributed by atoms with Crippen molar-refractivity contribution in [3.63, 3.8) is 0 Å². The van der Waals surface area contributed by atoms with Crippen molar-refractivity contribution in [3.05, 3.63) is 57.6 Å². The maximum Gasteiger partial charge on any atom is 0.253 e. The van der Waals surface area contributed by atoms with E-state index in [9.17, 15) is 4.79 Å². The molecule has 2 aromatic carbocycles. The van der Waals surface area contributed by atoms with E-state index >= 15 is 0 Å². The standard InChI is InChI=1S/C20H25Cl2N3O/c1-4-25(5-2)13-12-23-20(26)15-8-6-7-9-17(15)24-19-16(21)11-10-14(3)18(19)22/h6-11,24H,4-5,12-13H2,1-3H3,(H,23,26). The Morgan fingerprint density at radius 3 is 2.46 bits per heavy atom. The molecule has 2 aromatic rings. The highest BCUT2D eigenvalue weighted by molar-refractivity contribution is 6.39. The quantitative estimate of drug-likeness (QED) is 0.654. The van der Waals surface area contributed by atoms with E-state index in [0.717, 1.165) is 25.2 Å². The van der Waals surface area contributed by atoms with Crippen LogP contribution in [0.5, 0.6) is 0 Å². The van der Waals surface area contributed by atoms with E-state index in [4.69, 9.17) is 23.2 Å². The van der Waals surface area contributed by atoms with E-state index < -0.39 is 0 Å². The SMILES string of the molecule is CCN(CC)CCNC(=O)c1ccccc1Nc1c(Cl)ccc(C)c1Cl. The molecule has 0 heterocycles. The summed E-state index contributed by atoms with van der Waals surface area (Å²) in [6, 6.07) is 11.0. The van der Waals surface area contributed by atoms with Gasteiger partial charge in [-0.05, 0) is 43.8 Å².